The van der Waals surface area contributed by atoms with E-state index in [0.717, 1.165) is 29.9 Å². The molecule has 4 aromatic heterocycles. The summed E-state index contributed by atoms with van der Waals surface area (Å²) in [5, 5.41) is 14.4. The van der Waals surface area contributed by atoms with Crippen molar-refractivity contribution in [3.8, 4) is 29.9 Å². The second-order valence-corrected chi connectivity index (χ2v) is 7.21. The van der Waals surface area contributed by atoms with Crippen LogP contribution in [0.3, 0.4) is 0 Å². The lowest BCUT2D eigenvalue weighted by Gasteiger charge is -1.85. The van der Waals surface area contributed by atoms with Crippen LogP contribution in [0.1, 0.15) is 0 Å². The lowest BCUT2D eigenvalue weighted by Crippen LogP contribution is -1.74. The predicted molar refractivity (Wildman–Crippen MR) is 81.0 cm³/mol. The van der Waals surface area contributed by atoms with Gasteiger partial charge in [-0.15, -0.1) is 32.9 Å². The molecule has 4 aromatic rings. The lowest BCUT2D eigenvalue weighted by molar-refractivity contribution is 1.09. The first kappa shape index (κ1) is 12.1. The monoisotopic (exact) mass is 336 g/mol. The average molecular weight is 336 g/mol. The van der Waals surface area contributed by atoms with Crippen molar-refractivity contribution in [3.05, 3.63) is 24.1 Å². The van der Waals surface area contributed by atoms with Gasteiger partial charge in [0.1, 0.15) is 11.3 Å². The third kappa shape index (κ3) is 2.16. The molecule has 0 atom stereocenters. The lowest BCUT2D eigenvalue weighted by atomic mass is 10.6. The van der Waals surface area contributed by atoms with Crippen molar-refractivity contribution in [1.29, 1.82) is 0 Å². The van der Waals surface area contributed by atoms with Gasteiger partial charge in [0.25, 0.3) is 0 Å². The minimum Gasteiger partial charge on any atom is -0.244 e. The first-order valence-electron chi connectivity index (χ1n) is 5.37. The van der Waals surface area contributed by atoms with Crippen molar-refractivity contribution < 1.29 is 0 Å². The molecule has 20 heavy (non-hydrogen) atoms. The Bertz CT molecular complexity index is 745. The molecule has 0 saturated heterocycles. The maximum atomic E-state index is 4.40. The van der Waals surface area contributed by atoms with Crippen molar-refractivity contribution in [2.75, 3.05) is 0 Å². The molecule has 0 aliphatic carbocycles. The van der Waals surface area contributed by atoms with Crippen LogP contribution in [0.25, 0.3) is 29.9 Å². The van der Waals surface area contributed by atoms with Crippen LogP contribution in [-0.4, -0.2) is 29.5 Å². The van der Waals surface area contributed by atoms with Gasteiger partial charge in [0.15, 0.2) is 20.0 Å². The first-order chi connectivity index (χ1) is 9.90. The standard InChI is InChI=1S/C10H4N6S4/c1-2-17-6(11-1)5-3-12-7(18-5)9-15-16-10(19-9)8-13-4-14-20-8/h1-4H. The summed E-state index contributed by atoms with van der Waals surface area (Å²) in [6, 6.07) is 0. The van der Waals surface area contributed by atoms with Gasteiger partial charge in [-0.2, -0.15) is 4.37 Å². The summed E-state index contributed by atoms with van der Waals surface area (Å²) in [7, 11) is 0. The summed E-state index contributed by atoms with van der Waals surface area (Å²) < 4.78 is 3.97. The van der Waals surface area contributed by atoms with Crippen LogP contribution in [-0.2, 0) is 0 Å². The van der Waals surface area contributed by atoms with Gasteiger partial charge in [0.05, 0.1) is 4.88 Å². The van der Waals surface area contributed by atoms with Crippen LogP contribution in [0.4, 0.5) is 0 Å². The second kappa shape index (κ2) is 5.05. The highest BCUT2D eigenvalue weighted by atomic mass is 32.1. The van der Waals surface area contributed by atoms with Gasteiger partial charge in [0, 0.05) is 17.8 Å². The van der Waals surface area contributed by atoms with Crippen molar-refractivity contribution in [1.82, 2.24) is 29.5 Å². The van der Waals surface area contributed by atoms with E-state index in [1.165, 1.54) is 29.2 Å². The molecule has 4 rings (SSSR count). The second-order valence-electron chi connectivity index (χ2n) is 3.53. The average Bonchev–Trinajstić information content (AvgIpc) is 3.22. The minimum atomic E-state index is 0.772. The van der Waals surface area contributed by atoms with Crippen molar-refractivity contribution in [2.45, 2.75) is 0 Å². The Morgan fingerprint density at radius 2 is 1.70 bits per heavy atom. The van der Waals surface area contributed by atoms with Crippen LogP contribution < -0.4 is 0 Å². The molecule has 0 aliphatic heterocycles. The Hall–Kier alpha value is -1.62. The molecule has 98 valence electrons. The summed E-state index contributed by atoms with van der Waals surface area (Å²) in [5.74, 6) is 0. The van der Waals surface area contributed by atoms with E-state index in [-0.39, 0.29) is 0 Å². The van der Waals surface area contributed by atoms with Crippen LogP contribution in [0, 0.1) is 0 Å². The summed E-state index contributed by atoms with van der Waals surface area (Å²) in [4.78, 5) is 13.9. The fraction of sp³-hybridized carbons (Fsp3) is 0. The summed E-state index contributed by atoms with van der Waals surface area (Å²) in [5.41, 5.74) is 0. The number of nitrogens with zero attached hydrogens (tertiary/aromatic N) is 6. The highest BCUT2D eigenvalue weighted by Gasteiger charge is 2.15. The molecule has 0 radical (unpaired) electrons. The van der Waals surface area contributed by atoms with Gasteiger partial charge in [-0.1, -0.05) is 11.3 Å². The fourth-order valence-corrected chi connectivity index (χ4v) is 4.50. The van der Waals surface area contributed by atoms with Crippen LogP contribution >= 0.6 is 45.5 Å². The van der Waals surface area contributed by atoms with Gasteiger partial charge >= 0.3 is 0 Å². The Balaban J connectivity index is 1.68. The summed E-state index contributed by atoms with van der Waals surface area (Å²) in [6.07, 6.45) is 5.13. The zero-order chi connectivity index (χ0) is 13.4. The van der Waals surface area contributed by atoms with E-state index in [1.807, 2.05) is 11.6 Å². The number of hydrogen-bond donors (Lipinski definition) is 0. The molecule has 0 N–H and O–H groups in total. The third-order valence-corrected chi connectivity index (χ3v) is 6.11. The molecule has 0 saturated carbocycles. The molecule has 0 fully saturated rings. The molecule has 4 heterocycles. The third-order valence-electron chi connectivity index (χ3n) is 2.30. The summed E-state index contributed by atoms with van der Waals surface area (Å²) in [6.45, 7) is 0. The van der Waals surface area contributed by atoms with Gasteiger partial charge < -0.3 is 0 Å². The molecule has 10 heteroatoms. The van der Waals surface area contributed by atoms with Gasteiger partial charge in [-0.05, 0) is 11.5 Å². The van der Waals surface area contributed by atoms with Gasteiger partial charge in [0.2, 0.25) is 0 Å². The maximum Gasteiger partial charge on any atom is 0.178 e. The number of rotatable bonds is 3. The SMILES string of the molecule is c1csc(-c2cnc(-c3nnc(-c4ncns4)s3)s2)n1. The van der Waals surface area contributed by atoms with Crippen molar-refractivity contribution in [2.24, 2.45) is 0 Å². The maximum absolute atomic E-state index is 4.40. The zero-order valence-electron chi connectivity index (χ0n) is 9.63. The Morgan fingerprint density at radius 1 is 0.800 bits per heavy atom. The highest BCUT2D eigenvalue weighted by Crippen LogP contribution is 2.36. The van der Waals surface area contributed by atoms with E-state index in [0.29, 0.717) is 0 Å². The Labute approximate surface area is 129 Å². The van der Waals surface area contributed by atoms with Crippen LogP contribution in [0.2, 0.25) is 0 Å². The molecule has 0 aliphatic rings. The minimum absolute atomic E-state index is 0.772. The molecular weight excluding hydrogens is 332 g/mol. The molecule has 6 nitrogen and oxygen atoms in total. The van der Waals surface area contributed by atoms with Gasteiger partial charge in [-0.3, -0.25) is 0 Å². The largest absolute Gasteiger partial charge is 0.244 e. The molecule has 0 aromatic carbocycles. The molecule has 0 unspecified atom stereocenters. The Morgan fingerprint density at radius 3 is 2.45 bits per heavy atom. The summed E-state index contributed by atoms with van der Waals surface area (Å²) >= 11 is 5.94. The van der Waals surface area contributed by atoms with Crippen molar-refractivity contribution >= 4 is 45.5 Å². The van der Waals surface area contributed by atoms with E-state index in [4.69, 9.17) is 0 Å². The quantitative estimate of drug-likeness (QED) is 0.571. The van der Waals surface area contributed by atoms with Crippen LogP contribution in [0.15, 0.2) is 24.1 Å². The topological polar surface area (TPSA) is 77.3 Å². The predicted octanol–water partition coefficient (Wildman–Crippen LogP) is 3.30. The highest BCUT2D eigenvalue weighted by molar-refractivity contribution is 7.27. The van der Waals surface area contributed by atoms with E-state index in [2.05, 4.69) is 29.5 Å². The van der Waals surface area contributed by atoms with E-state index in [1.54, 1.807) is 28.9 Å². The van der Waals surface area contributed by atoms with Gasteiger partial charge in [-0.25, -0.2) is 15.0 Å². The number of thiazole rings is 2. The zero-order valence-corrected chi connectivity index (χ0v) is 12.9. The smallest absolute Gasteiger partial charge is 0.178 e. The molecule has 0 bridgehead atoms. The number of aromatic nitrogens is 6. The normalized spacial score (nSPS) is 11.0. The molecular formula is C10H4N6S4. The van der Waals surface area contributed by atoms with E-state index < -0.39 is 0 Å². The fourth-order valence-electron chi connectivity index (χ4n) is 1.48. The Kier molecular flexibility index (Phi) is 3.07. The van der Waals surface area contributed by atoms with E-state index in [9.17, 15) is 0 Å². The molecule has 0 amide bonds. The first-order valence-corrected chi connectivity index (χ1v) is 8.65. The number of hydrogen-bond acceptors (Lipinski definition) is 10. The molecule has 0 spiro atoms. The van der Waals surface area contributed by atoms with E-state index >= 15 is 0 Å². The van der Waals surface area contributed by atoms with Crippen LogP contribution in [0.5, 0.6) is 0 Å². The van der Waals surface area contributed by atoms with Crippen molar-refractivity contribution in [3.63, 3.8) is 0 Å².